The molecule has 1 aliphatic rings. The zero-order valence-corrected chi connectivity index (χ0v) is 9.01. The van der Waals surface area contributed by atoms with Crippen molar-refractivity contribution in [1.29, 1.82) is 5.41 Å². The van der Waals surface area contributed by atoms with Crippen molar-refractivity contribution >= 4 is 5.84 Å². The van der Waals surface area contributed by atoms with E-state index in [0.29, 0.717) is 11.9 Å². The van der Waals surface area contributed by atoms with Crippen molar-refractivity contribution in [1.82, 2.24) is 9.80 Å². The first-order valence-corrected chi connectivity index (χ1v) is 5.15. The molecule has 0 saturated carbocycles. The molecule has 0 aliphatic carbocycles. The number of likely N-dealkylation sites (tertiary alicyclic amines) is 1. The van der Waals surface area contributed by atoms with Crippen LogP contribution >= 0.6 is 0 Å². The van der Waals surface area contributed by atoms with Gasteiger partial charge in [-0.3, -0.25) is 10.3 Å². The summed E-state index contributed by atoms with van der Waals surface area (Å²) in [7, 11) is 2.01. The third-order valence-electron chi connectivity index (χ3n) is 2.96. The van der Waals surface area contributed by atoms with Crippen LogP contribution in [0, 0.1) is 5.41 Å². The fourth-order valence-electron chi connectivity index (χ4n) is 1.97. The number of rotatable bonds is 3. The van der Waals surface area contributed by atoms with E-state index in [1.807, 2.05) is 18.9 Å². The Labute approximate surface area is 81.2 Å². The van der Waals surface area contributed by atoms with Crippen molar-refractivity contribution in [3.63, 3.8) is 0 Å². The van der Waals surface area contributed by atoms with Crippen LogP contribution in [-0.2, 0) is 0 Å². The summed E-state index contributed by atoms with van der Waals surface area (Å²) >= 11 is 0. The van der Waals surface area contributed by atoms with E-state index in [4.69, 9.17) is 5.41 Å². The molecule has 1 heterocycles. The van der Waals surface area contributed by atoms with Crippen LogP contribution in [0.25, 0.3) is 0 Å². The molecule has 0 aromatic rings. The molecular weight excluding hydrogens is 162 g/mol. The van der Waals surface area contributed by atoms with E-state index in [1.165, 1.54) is 19.4 Å². The highest BCUT2D eigenvalue weighted by molar-refractivity contribution is 5.75. The van der Waals surface area contributed by atoms with Gasteiger partial charge in [0.25, 0.3) is 0 Å². The van der Waals surface area contributed by atoms with Crippen LogP contribution in [0.15, 0.2) is 0 Å². The number of hydrogen-bond acceptors (Lipinski definition) is 2. The number of nitrogens with one attached hydrogen (secondary N) is 1. The molecule has 0 radical (unpaired) electrons. The van der Waals surface area contributed by atoms with E-state index >= 15 is 0 Å². The lowest BCUT2D eigenvalue weighted by atomic mass is 10.2. The van der Waals surface area contributed by atoms with Gasteiger partial charge in [0.1, 0.15) is 0 Å². The second-order valence-electron chi connectivity index (χ2n) is 3.89. The standard InChI is InChI=1S/C10H21N3/c1-4-13-7-5-6-10(13)8-12(3)9(2)11/h10-11H,4-8H2,1-3H3. The molecule has 13 heavy (non-hydrogen) atoms. The summed E-state index contributed by atoms with van der Waals surface area (Å²) in [5, 5.41) is 7.49. The van der Waals surface area contributed by atoms with Crippen LogP contribution in [-0.4, -0.2) is 48.4 Å². The molecule has 0 amide bonds. The van der Waals surface area contributed by atoms with Crippen LogP contribution in [0.4, 0.5) is 0 Å². The van der Waals surface area contributed by atoms with E-state index in [9.17, 15) is 0 Å². The third-order valence-corrected chi connectivity index (χ3v) is 2.96. The highest BCUT2D eigenvalue weighted by Crippen LogP contribution is 2.17. The Hall–Kier alpha value is -0.570. The first kappa shape index (κ1) is 10.5. The SMILES string of the molecule is CCN1CCCC1CN(C)C(C)=N. The Morgan fingerprint density at radius 1 is 1.62 bits per heavy atom. The number of nitrogens with zero attached hydrogens (tertiary/aromatic N) is 2. The first-order chi connectivity index (χ1) is 6.15. The average Bonchev–Trinajstić information content (AvgIpc) is 2.51. The van der Waals surface area contributed by atoms with Gasteiger partial charge in [-0.25, -0.2) is 0 Å². The van der Waals surface area contributed by atoms with Gasteiger partial charge in [-0.1, -0.05) is 6.92 Å². The number of hydrogen-bond donors (Lipinski definition) is 1. The predicted octanol–water partition coefficient (Wildman–Crippen LogP) is 1.40. The molecule has 0 spiro atoms. The van der Waals surface area contributed by atoms with Crippen LogP contribution in [0.2, 0.25) is 0 Å². The van der Waals surface area contributed by atoms with E-state index in [-0.39, 0.29) is 0 Å². The summed E-state index contributed by atoms with van der Waals surface area (Å²) in [6.45, 7) is 7.48. The molecule has 3 nitrogen and oxygen atoms in total. The molecule has 1 unspecified atom stereocenters. The monoisotopic (exact) mass is 183 g/mol. The second kappa shape index (κ2) is 4.61. The second-order valence-corrected chi connectivity index (χ2v) is 3.89. The molecular formula is C10H21N3. The molecule has 1 aliphatic heterocycles. The highest BCUT2D eigenvalue weighted by Gasteiger charge is 2.23. The van der Waals surface area contributed by atoms with Crippen molar-refractivity contribution in [2.75, 3.05) is 26.7 Å². The molecule has 1 rings (SSSR count). The van der Waals surface area contributed by atoms with Gasteiger partial charge in [0.05, 0.1) is 5.84 Å². The van der Waals surface area contributed by atoms with Gasteiger partial charge in [-0.15, -0.1) is 0 Å². The molecule has 1 N–H and O–H groups in total. The van der Waals surface area contributed by atoms with Gasteiger partial charge >= 0.3 is 0 Å². The maximum absolute atomic E-state index is 7.49. The summed E-state index contributed by atoms with van der Waals surface area (Å²) in [5.41, 5.74) is 0. The Morgan fingerprint density at radius 2 is 2.31 bits per heavy atom. The molecule has 1 atom stereocenters. The highest BCUT2D eigenvalue weighted by atomic mass is 15.2. The van der Waals surface area contributed by atoms with Crippen LogP contribution in [0.3, 0.4) is 0 Å². The van der Waals surface area contributed by atoms with Crippen LogP contribution in [0.5, 0.6) is 0 Å². The van der Waals surface area contributed by atoms with Crippen molar-refractivity contribution in [3.05, 3.63) is 0 Å². The van der Waals surface area contributed by atoms with Crippen molar-refractivity contribution in [3.8, 4) is 0 Å². The van der Waals surface area contributed by atoms with E-state index in [2.05, 4.69) is 11.8 Å². The molecule has 1 fully saturated rings. The lowest BCUT2D eigenvalue weighted by Gasteiger charge is -2.28. The first-order valence-electron chi connectivity index (χ1n) is 5.15. The minimum absolute atomic E-state index is 0.669. The van der Waals surface area contributed by atoms with Gasteiger partial charge in [-0.2, -0.15) is 0 Å². The fraction of sp³-hybridized carbons (Fsp3) is 0.900. The largest absolute Gasteiger partial charge is 0.362 e. The Bertz CT molecular complexity index is 179. The zero-order valence-electron chi connectivity index (χ0n) is 9.01. The average molecular weight is 183 g/mol. The molecule has 3 heteroatoms. The van der Waals surface area contributed by atoms with Crippen molar-refractivity contribution in [2.45, 2.75) is 32.7 Å². The van der Waals surface area contributed by atoms with Gasteiger partial charge in [0, 0.05) is 19.6 Å². The lowest BCUT2D eigenvalue weighted by Crippen LogP contribution is -2.40. The molecule has 0 aromatic carbocycles. The van der Waals surface area contributed by atoms with E-state index in [0.717, 1.165) is 13.1 Å². The third kappa shape index (κ3) is 2.69. The van der Waals surface area contributed by atoms with Crippen molar-refractivity contribution in [2.24, 2.45) is 0 Å². The summed E-state index contributed by atoms with van der Waals surface area (Å²) in [5.74, 6) is 0.669. The number of likely N-dealkylation sites (N-methyl/N-ethyl adjacent to an activating group) is 2. The fourth-order valence-corrected chi connectivity index (χ4v) is 1.97. The summed E-state index contributed by atoms with van der Waals surface area (Å²) in [4.78, 5) is 4.55. The normalized spacial score (nSPS) is 23.5. The topological polar surface area (TPSA) is 30.3 Å². The minimum Gasteiger partial charge on any atom is -0.362 e. The Morgan fingerprint density at radius 3 is 2.85 bits per heavy atom. The van der Waals surface area contributed by atoms with Crippen LogP contribution in [0.1, 0.15) is 26.7 Å². The Balaban J connectivity index is 2.39. The Kier molecular flexibility index (Phi) is 3.72. The van der Waals surface area contributed by atoms with E-state index < -0.39 is 0 Å². The quantitative estimate of drug-likeness (QED) is 0.529. The summed E-state index contributed by atoms with van der Waals surface area (Å²) < 4.78 is 0. The zero-order chi connectivity index (χ0) is 9.84. The van der Waals surface area contributed by atoms with Gasteiger partial charge < -0.3 is 4.90 Å². The van der Waals surface area contributed by atoms with Crippen LogP contribution < -0.4 is 0 Å². The lowest BCUT2D eigenvalue weighted by molar-refractivity contribution is 0.234. The van der Waals surface area contributed by atoms with E-state index in [1.54, 1.807) is 0 Å². The smallest absolute Gasteiger partial charge is 0.0923 e. The molecule has 0 aromatic heterocycles. The van der Waals surface area contributed by atoms with Gasteiger partial charge in [0.15, 0.2) is 0 Å². The number of amidine groups is 1. The van der Waals surface area contributed by atoms with Gasteiger partial charge in [0.2, 0.25) is 0 Å². The maximum atomic E-state index is 7.49. The molecule has 0 bridgehead atoms. The predicted molar refractivity (Wildman–Crippen MR) is 56.3 cm³/mol. The minimum atomic E-state index is 0.669. The maximum Gasteiger partial charge on any atom is 0.0923 e. The summed E-state index contributed by atoms with van der Waals surface area (Å²) in [6.07, 6.45) is 2.62. The molecule has 1 saturated heterocycles. The summed E-state index contributed by atoms with van der Waals surface area (Å²) in [6, 6.07) is 0.676. The van der Waals surface area contributed by atoms with Crippen molar-refractivity contribution < 1.29 is 0 Å². The van der Waals surface area contributed by atoms with Gasteiger partial charge in [-0.05, 0) is 32.9 Å². The molecule has 76 valence electrons.